The van der Waals surface area contributed by atoms with Crippen molar-refractivity contribution < 1.29 is 22.7 Å². The summed E-state index contributed by atoms with van der Waals surface area (Å²) in [6.45, 7) is 3.86. The highest BCUT2D eigenvalue weighted by atomic mass is 32.2. The van der Waals surface area contributed by atoms with Crippen molar-refractivity contribution >= 4 is 27.3 Å². The molecule has 1 aliphatic carbocycles. The van der Waals surface area contributed by atoms with Crippen molar-refractivity contribution in [2.45, 2.75) is 36.5 Å². The molecule has 0 saturated heterocycles. The van der Waals surface area contributed by atoms with Gasteiger partial charge in [0.2, 0.25) is 5.91 Å². The van der Waals surface area contributed by atoms with Crippen LogP contribution in [0.3, 0.4) is 0 Å². The van der Waals surface area contributed by atoms with Crippen LogP contribution < -0.4 is 24.8 Å². The molecule has 3 N–H and O–H groups in total. The molecule has 4 rings (SSSR count). The molecule has 8 nitrogen and oxygen atoms in total. The first-order valence-electron chi connectivity index (χ1n) is 10.4. The van der Waals surface area contributed by atoms with Crippen LogP contribution >= 0.6 is 0 Å². The quantitative estimate of drug-likeness (QED) is 0.513. The smallest absolute Gasteiger partial charge is 0.265 e. The van der Waals surface area contributed by atoms with Gasteiger partial charge in [-0.15, -0.1) is 0 Å². The Balaban J connectivity index is 1.70. The minimum Gasteiger partial charge on any atom is -0.495 e. The Kier molecular flexibility index (Phi) is 5.81. The normalized spacial score (nSPS) is 16.4. The van der Waals surface area contributed by atoms with E-state index >= 15 is 0 Å². The third kappa shape index (κ3) is 3.83. The van der Waals surface area contributed by atoms with Gasteiger partial charge in [-0.2, -0.15) is 0 Å². The molecular weight excluding hydrogens is 418 g/mol. The van der Waals surface area contributed by atoms with Crippen LogP contribution in [0.15, 0.2) is 41.3 Å². The van der Waals surface area contributed by atoms with E-state index in [-0.39, 0.29) is 16.6 Å². The van der Waals surface area contributed by atoms with Crippen LogP contribution in [0, 0.1) is 0 Å². The monoisotopic (exact) mass is 445 g/mol. The highest BCUT2D eigenvalue weighted by Crippen LogP contribution is 2.54. The van der Waals surface area contributed by atoms with E-state index in [9.17, 15) is 13.2 Å². The summed E-state index contributed by atoms with van der Waals surface area (Å²) >= 11 is 0. The number of methoxy groups -OCH3 is 1. The zero-order chi connectivity index (χ0) is 22.1. The third-order valence-electron chi connectivity index (χ3n) is 5.90. The number of amides is 1. The number of hydrogen-bond acceptors (Lipinski definition) is 6. The van der Waals surface area contributed by atoms with Crippen molar-refractivity contribution in [3.63, 3.8) is 0 Å². The van der Waals surface area contributed by atoms with Crippen LogP contribution in [0.2, 0.25) is 0 Å². The van der Waals surface area contributed by atoms with E-state index in [0.717, 1.165) is 31.4 Å². The van der Waals surface area contributed by atoms with E-state index in [4.69, 9.17) is 9.47 Å². The molecule has 2 aromatic carbocycles. The Labute approximate surface area is 182 Å². The molecular formula is C22H27N3O5S. The van der Waals surface area contributed by atoms with Gasteiger partial charge in [0.25, 0.3) is 10.0 Å². The van der Waals surface area contributed by atoms with Gasteiger partial charge in [-0.1, -0.05) is 25.5 Å². The van der Waals surface area contributed by atoms with Gasteiger partial charge < -0.3 is 20.1 Å². The number of fused-ring (bicyclic) bond motifs is 2. The van der Waals surface area contributed by atoms with Crippen molar-refractivity contribution in [2.24, 2.45) is 0 Å². The maximum Gasteiger partial charge on any atom is 0.265 e. The minimum absolute atomic E-state index is 0.0418. The lowest BCUT2D eigenvalue weighted by molar-refractivity contribution is -0.123. The zero-order valence-corrected chi connectivity index (χ0v) is 18.5. The van der Waals surface area contributed by atoms with E-state index < -0.39 is 15.4 Å². The minimum atomic E-state index is -3.91. The summed E-state index contributed by atoms with van der Waals surface area (Å²) < 4.78 is 39.9. The van der Waals surface area contributed by atoms with Gasteiger partial charge in [0.15, 0.2) is 0 Å². The first-order chi connectivity index (χ1) is 14.9. The Morgan fingerprint density at radius 1 is 1.16 bits per heavy atom. The summed E-state index contributed by atoms with van der Waals surface area (Å²) in [5.74, 6) is 0.672. The van der Waals surface area contributed by atoms with Crippen molar-refractivity contribution in [3.05, 3.63) is 42.0 Å². The second kappa shape index (κ2) is 8.39. The summed E-state index contributed by atoms with van der Waals surface area (Å²) in [5.41, 5.74) is 1.19. The maximum absolute atomic E-state index is 13.1. The third-order valence-corrected chi connectivity index (χ3v) is 7.32. The molecule has 1 saturated carbocycles. The summed E-state index contributed by atoms with van der Waals surface area (Å²) in [7, 11) is -2.48. The predicted molar refractivity (Wildman–Crippen MR) is 118 cm³/mol. The van der Waals surface area contributed by atoms with Crippen LogP contribution in [0.25, 0.3) is 0 Å². The average molecular weight is 446 g/mol. The van der Waals surface area contributed by atoms with E-state index in [1.54, 1.807) is 30.3 Å². The van der Waals surface area contributed by atoms with Crippen molar-refractivity contribution in [2.75, 3.05) is 36.8 Å². The number of carbonyl (C=O) groups excluding carboxylic acids is 1. The molecule has 0 unspecified atom stereocenters. The Morgan fingerprint density at radius 3 is 2.61 bits per heavy atom. The number of carbonyl (C=O) groups is 1. The average Bonchev–Trinajstić information content (AvgIpc) is 3.03. The molecule has 0 atom stereocenters. The molecule has 1 fully saturated rings. The summed E-state index contributed by atoms with van der Waals surface area (Å²) in [6.07, 6.45) is 2.44. The summed E-state index contributed by atoms with van der Waals surface area (Å²) in [6, 6.07) is 9.80. The number of nitrogens with one attached hydrogen (secondary N) is 3. The number of ether oxygens (including phenoxy) is 2. The molecule has 0 bridgehead atoms. The highest BCUT2D eigenvalue weighted by Gasteiger charge is 2.52. The van der Waals surface area contributed by atoms with Gasteiger partial charge in [0, 0.05) is 12.6 Å². The van der Waals surface area contributed by atoms with Crippen LogP contribution in [0.5, 0.6) is 11.5 Å². The molecule has 1 spiro atoms. The van der Waals surface area contributed by atoms with Gasteiger partial charge in [-0.05, 0) is 43.1 Å². The van der Waals surface area contributed by atoms with Crippen LogP contribution in [-0.4, -0.2) is 41.1 Å². The summed E-state index contributed by atoms with van der Waals surface area (Å²) in [5, 5.41) is 6.14. The first kappa shape index (κ1) is 21.5. The lowest BCUT2D eigenvalue weighted by Crippen LogP contribution is -2.40. The van der Waals surface area contributed by atoms with E-state index in [1.807, 2.05) is 6.92 Å². The van der Waals surface area contributed by atoms with Gasteiger partial charge >= 0.3 is 0 Å². The number of benzene rings is 2. The van der Waals surface area contributed by atoms with E-state index in [1.165, 1.54) is 13.2 Å². The number of rotatable bonds is 9. The van der Waals surface area contributed by atoms with Gasteiger partial charge in [0.1, 0.15) is 23.0 Å². The molecule has 1 amide bonds. The van der Waals surface area contributed by atoms with Crippen molar-refractivity contribution in [3.8, 4) is 11.5 Å². The molecule has 31 heavy (non-hydrogen) atoms. The number of para-hydroxylation sites is 1. The topological polar surface area (TPSA) is 106 Å². The number of sulfonamides is 1. The molecule has 0 radical (unpaired) electrons. The Morgan fingerprint density at radius 2 is 1.94 bits per heavy atom. The Bertz CT molecular complexity index is 1100. The fraction of sp³-hybridized carbons (Fsp3) is 0.409. The van der Waals surface area contributed by atoms with Gasteiger partial charge in [-0.25, -0.2) is 8.42 Å². The van der Waals surface area contributed by atoms with E-state index in [0.29, 0.717) is 30.3 Å². The highest BCUT2D eigenvalue weighted by molar-refractivity contribution is 7.92. The standard InChI is InChI=1S/C22H27N3O5S/c1-3-23-11-12-30-18-14-15(13-16-20(18)24-21(26)22(16)9-6-10-22)25-31(27,28)19-8-5-4-7-17(19)29-2/h4-5,7-8,13-14,23,25H,3,6,9-12H2,1-2H3,(H,24,26). The molecule has 0 aromatic heterocycles. The Hall–Kier alpha value is -2.78. The fourth-order valence-corrected chi connectivity index (χ4v) is 5.35. The number of hydrogen-bond donors (Lipinski definition) is 3. The number of anilines is 2. The molecule has 166 valence electrons. The predicted octanol–water partition coefficient (Wildman–Crippen LogP) is 2.86. The van der Waals surface area contributed by atoms with Crippen LogP contribution in [-0.2, 0) is 20.2 Å². The lowest BCUT2D eigenvalue weighted by atomic mass is 9.65. The SMILES string of the molecule is CCNCCOc1cc(NS(=O)(=O)c2ccccc2OC)cc2c1NC(=O)C21CCC1. The molecule has 2 aliphatic rings. The molecule has 1 aliphatic heterocycles. The second-order valence-electron chi connectivity index (χ2n) is 7.75. The zero-order valence-electron chi connectivity index (χ0n) is 17.7. The van der Waals surface area contributed by atoms with Gasteiger partial charge in [0.05, 0.1) is 23.9 Å². The van der Waals surface area contributed by atoms with E-state index in [2.05, 4.69) is 15.4 Å². The first-order valence-corrected chi connectivity index (χ1v) is 11.9. The molecule has 2 aromatic rings. The fourth-order valence-electron chi connectivity index (χ4n) is 4.14. The second-order valence-corrected chi connectivity index (χ2v) is 9.40. The van der Waals surface area contributed by atoms with Crippen LogP contribution in [0.1, 0.15) is 31.7 Å². The largest absolute Gasteiger partial charge is 0.495 e. The van der Waals surface area contributed by atoms with Crippen molar-refractivity contribution in [1.82, 2.24) is 5.32 Å². The summed E-state index contributed by atoms with van der Waals surface area (Å²) in [4.78, 5) is 12.8. The maximum atomic E-state index is 13.1. The lowest BCUT2D eigenvalue weighted by Gasteiger charge is -2.36. The van der Waals surface area contributed by atoms with Gasteiger partial charge in [-0.3, -0.25) is 9.52 Å². The molecule has 1 heterocycles. The van der Waals surface area contributed by atoms with Crippen LogP contribution in [0.4, 0.5) is 11.4 Å². The number of likely N-dealkylation sites (N-methyl/N-ethyl adjacent to an activating group) is 1. The van der Waals surface area contributed by atoms with Crippen molar-refractivity contribution in [1.29, 1.82) is 0 Å². The molecule has 9 heteroatoms.